The van der Waals surface area contributed by atoms with Gasteiger partial charge in [0.15, 0.2) is 0 Å². The van der Waals surface area contributed by atoms with Crippen molar-refractivity contribution in [1.82, 2.24) is 0 Å². The van der Waals surface area contributed by atoms with E-state index in [9.17, 15) is 0 Å². The van der Waals surface area contributed by atoms with Crippen molar-refractivity contribution in [3.05, 3.63) is 94.5 Å². The molecular weight excluding hydrogens is 290 g/mol. The molecule has 0 fully saturated rings. The van der Waals surface area contributed by atoms with E-state index < -0.39 is 0 Å². The predicted octanol–water partition coefficient (Wildman–Crippen LogP) is 5.24. The second kappa shape index (κ2) is 6.86. The summed E-state index contributed by atoms with van der Waals surface area (Å²) in [5, 5.41) is 8.80. The molecule has 3 rings (SSSR count). The zero-order valence-electron chi connectivity index (χ0n) is 13.8. The Kier molecular flexibility index (Phi) is 4.46. The molecule has 0 N–H and O–H groups in total. The zero-order valence-corrected chi connectivity index (χ0v) is 13.8. The quantitative estimate of drug-likeness (QED) is 0.564. The van der Waals surface area contributed by atoms with Gasteiger partial charge in [0.05, 0.1) is 11.6 Å². The van der Waals surface area contributed by atoms with Crippen molar-refractivity contribution < 1.29 is 0 Å². The lowest BCUT2D eigenvalue weighted by atomic mass is 9.98. The van der Waals surface area contributed by atoms with E-state index in [0.29, 0.717) is 5.56 Å². The number of hydrogen-bond donors (Lipinski definition) is 0. The summed E-state index contributed by atoms with van der Waals surface area (Å²) in [6.45, 7) is 4.25. The van der Waals surface area contributed by atoms with Crippen molar-refractivity contribution in [2.75, 3.05) is 0 Å². The van der Waals surface area contributed by atoms with E-state index in [1.807, 2.05) is 24.3 Å². The highest BCUT2D eigenvalue weighted by Crippen LogP contribution is 2.24. The molecule has 0 spiro atoms. The SMILES string of the molecule is Cc1ccc(-c2ccc(C#Cc3ccc(C#N)cc3)cc2)c(C)c1. The van der Waals surface area contributed by atoms with Crippen LogP contribution < -0.4 is 0 Å². The van der Waals surface area contributed by atoms with E-state index in [-0.39, 0.29) is 0 Å². The van der Waals surface area contributed by atoms with Gasteiger partial charge < -0.3 is 0 Å². The average Bonchev–Trinajstić information content (AvgIpc) is 2.61. The van der Waals surface area contributed by atoms with E-state index in [4.69, 9.17) is 5.26 Å². The van der Waals surface area contributed by atoms with E-state index in [1.54, 1.807) is 12.1 Å². The molecule has 0 atom stereocenters. The summed E-state index contributed by atoms with van der Waals surface area (Å²) >= 11 is 0. The number of hydrogen-bond acceptors (Lipinski definition) is 1. The second-order valence-electron chi connectivity index (χ2n) is 5.83. The van der Waals surface area contributed by atoms with Crippen LogP contribution in [-0.4, -0.2) is 0 Å². The van der Waals surface area contributed by atoms with Gasteiger partial charge in [-0.2, -0.15) is 5.26 Å². The van der Waals surface area contributed by atoms with Crippen LogP contribution in [0.5, 0.6) is 0 Å². The number of nitriles is 1. The van der Waals surface area contributed by atoms with Gasteiger partial charge in [-0.15, -0.1) is 0 Å². The van der Waals surface area contributed by atoms with Gasteiger partial charge in [0.2, 0.25) is 0 Å². The molecule has 0 amide bonds. The summed E-state index contributed by atoms with van der Waals surface area (Å²) in [5.41, 5.74) is 7.56. The summed E-state index contributed by atoms with van der Waals surface area (Å²) in [5.74, 6) is 6.30. The summed E-state index contributed by atoms with van der Waals surface area (Å²) in [4.78, 5) is 0. The van der Waals surface area contributed by atoms with Gasteiger partial charge in [0.1, 0.15) is 0 Å². The topological polar surface area (TPSA) is 23.8 Å². The summed E-state index contributed by atoms with van der Waals surface area (Å²) in [6, 6.07) is 24.2. The predicted molar refractivity (Wildman–Crippen MR) is 98.5 cm³/mol. The molecule has 24 heavy (non-hydrogen) atoms. The molecule has 0 saturated heterocycles. The van der Waals surface area contributed by atoms with Gasteiger partial charge in [0, 0.05) is 11.1 Å². The summed E-state index contributed by atoms with van der Waals surface area (Å²) in [7, 11) is 0. The maximum absolute atomic E-state index is 8.80. The van der Waals surface area contributed by atoms with E-state index >= 15 is 0 Å². The molecule has 114 valence electrons. The minimum Gasteiger partial charge on any atom is -0.192 e. The first-order valence-corrected chi connectivity index (χ1v) is 7.85. The Balaban J connectivity index is 1.82. The minimum atomic E-state index is 0.651. The van der Waals surface area contributed by atoms with Crippen molar-refractivity contribution in [2.45, 2.75) is 13.8 Å². The Morgan fingerprint density at radius 2 is 1.21 bits per heavy atom. The third-order valence-electron chi connectivity index (χ3n) is 3.94. The van der Waals surface area contributed by atoms with E-state index in [1.165, 1.54) is 22.3 Å². The van der Waals surface area contributed by atoms with Crippen molar-refractivity contribution in [3.8, 4) is 29.0 Å². The van der Waals surface area contributed by atoms with Crippen LogP contribution in [0.1, 0.15) is 27.8 Å². The fourth-order valence-electron chi connectivity index (χ4n) is 2.64. The zero-order chi connectivity index (χ0) is 16.9. The van der Waals surface area contributed by atoms with Crippen LogP contribution in [0, 0.1) is 37.0 Å². The summed E-state index contributed by atoms with van der Waals surface area (Å²) in [6.07, 6.45) is 0. The molecule has 0 aliphatic carbocycles. The van der Waals surface area contributed by atoms with Crippen molar-refractivity contribution in [2.24, 2.45) is 0 Å². The number of benzene rings is 3. The lowest BCUT2D eigenvalue weighted by Crippen LogP contribution is -1.85. The number of aryl methyl sites for hydroxylation is 2. The van der Waals surface area contributed by atoms with Crippen molar-refractivity contribution >= 4 is 0 Å². The Labute approximate surface area is 143 Å². The molecule has 1 nitrogen and oxygen atoms in total. The second-order valence-corrected chi connectivity index (χ2v) is 5.83. The highest BCUT2D eigenvalue weighted by molar-refractivity contribution is 5.68. The highest BCUT2D eigenvalue weighted by atomic mass is 14.2. The Hall–Kier alpha value is -3.29. The minimum absolute atomic E-state index is 0.651. The molecule has 0 radical (unpaired) electrons. The molecule has 0 unspecified atom stereocenters. The van der Waals surface area contributed by atoms with Gasteiger partial charge in [-0.05, 0) is 66.9 Å². The van der Waals surface area contributed by atoms with E-state index in [2.05, 4.69) is 62.1 Å². The number of rotatable bonds is 1. The molecule has 0 heterocycles. The molecule has 1 heteroatoms. The molecule has 3 aromatic carbocycles. The number of nitrogens with zero attached hydrogens (tertiary/aromatic N) is 1. The first-order valence-electron chi connectivity index (χ1n) is 7.85. The van der Waals surface area contributed by atoms with Gasteiger partial charge in [0.25, 0.3) is 0 Å². The van der Waals surface area contributed by atoms with Gasteiger partial charge >= 0.3 is 0 Å². The van der Waals surface area contributed by atoms with Crippen LogP contribution in [0.15, 0.2) is 66.7 Å². The fraction of sp³-hybridized carbons (Fsp3) is 0.0870. The van der Waals surface area contributed by atoms with Crippen LogP contribution in [0.3, 0.4) is 0 Å². The van der Waals surface area contributed by atoms with Gasteiger partial charge in [-0.25, -0.2) is 0 Å². The smallest absolute Gasteiger partial charge is 0.0991 e. The first-order chi connectivity index (χ1) is 11.7. The fourth-order valence-corrected chi connectivity index (χ4v) is 2.64. The standard InChI is InChI=1S/C23H17N/c1-17-3-14-23(18(2)15-17)22-12-10-20(11-13-22)5-4-19-6-8-21(16-24)9-7-19/h3,6-15H,1-2H3. The maximum atomic E-state index is 8.80. The van der Waals surface area contributed by atoms with Crippen molar-refractivity contribution in [3.63, 3.8) is 0 Å². The summed E-state index contributed by atoms with van der Waals surface area (Å²) < 4.78 is 0. The van der Waals surface area contributed by atoms with Crippen LogP contribution >= 0.6 is 0 Å². The molecule has 0 saturated carbocycles. The monoisotopic (exact) mass is 307 g/mol. The van der Waals surface area contributed by atoms with Gasteiger partial charge in [-0.1, -0.05) is 47.7 Å². The molecule has 0 aliphatic rings. The van der Waals surface area contributed by atoms with E-state index in [0.717, 1.165) is 11.1 Å². The van der Waals surface area contributed by atoms with Crippen LogP contribution in [0.2, 0.25) is 0 Å². The molecule has 0 aromatic heterocycles. The van der Waals surface area contributed by atoms with Crippen LogP contribution in [0.25, 0.3) is 11.1 Å². The Morgan fingerprint density at radius 1 is 0.667 bits per heavy atom. The third-order valence-corrected chi connectivity index (χ3v) is 3.94. The van der Waals surface area contributed by atoms with Crippen molar-refractivity contribution in [1.29, 1.82) is 5.26 Å². The maximum Gasteiger partial charge on any atom is 0.0991 e. The lowest BCUT2D eigenvalue weighted by molar-refractivity contribution is 1.38. The molecule has 0 bridgehead atoms. The average molecular weight is 307 g/mol. The Morgan fingerprint density at radius 3 is 1.75 bits per heavy atom. The van der Waals surface area contributed by atoms with Crippen LogP contribution in [0.4, 0.5) is 0 Å². The largest absolute Gasteiger partial charge is 0.192 e. The normalized spacial score (nSPS) is 9.71. The molecule has 0 aliphatic heterocycles. The Bertz CT molecular complexity index is 960. The van der Waals surface area contributed by atoms with Gasteiger partial charge in [-0.3, -0.25) is 0 Å². The lowest BCUT2D eigenvalue weighted by Gasteiger charge is -2.07. The first kappa shape index (κ1) is 15.6. The highest BCUT2D eigenvalue weighted by Gasteiger charge is 2.01. The third kappa shape index (κ3) is 3.54. The van der Waals surface area contributed by atoms with Crippen LogP contribution in [-0.2, 0) is 0 Å². The molecular formula is C23H17N. The molecule has 3 aromatic rings.